The van der Waals surface area contributed by atoms with Gasteiger partial charge in [0.05, 0.1) is 0 Å². The van der Waals surface area contributed by atoms with Gasteiger partial charge in [0.15, 0.2) is 5.60 Å². The van der Waals surface area contributed by atoms with Crippen LogP contribution in [0.4, 0.5) is 0 Å². The van der Waals surface area contributed by atoms with Crippen molar-refractivity contribution in [1.29, 1.82) is 0 Å². The summed E-state index contributed by atoms with van der Waals surface area (Å²) in [7, 11) is 4.15. The van der Waals surface area contributed by atoms with Crippen LogP contribution in [-0.2, 0) is 22.5 Å². The third-order valence-corrected chi connectivity index (χ3v) is 9.21. The lowest BCUT2D eigenvalue weighted by Gasteiger charge is -2.34. The number of nitrogens with zero attached hydrogens (tertiary/aromatic N) is 1. The van der Waals surface area contributed by atoms with E-state index in [0.717, 1.165) is 70.5 Å². The van der Waals surface area contributed by atoms with Crippen LogP contribution in [0, 0.1) is 5.92 Å². The fraction of sp³-hybridized carbons (Fsp3) is 0.525. The average Bonchev–Trinajstić information content (AvgIpc) is 3.02. The summed E-state index contributed by atoms with van der Waals surface area (Å²) in [6, 6.07) is 4.24. The number of nitrogens with one attached hydrogen (secondary N) is 1. The van der Waals surface area contributed by atoms with Crippen LogP contribution >= 0.6 is 0 Å². The van der Waals surface area contributed by atoms with Crippen molar-refractivity contribution in [2.75, 3.05) is 34.0 Å². The summed E-state index contributed by atoms with van der Waals surface area (Å²) in [5.74, 6) is 0.940. The van der Waals surface area contributed by atoms with Crippen molar-refractivity contribution in [1.82, 2.24) is 10.2 Å². The van der Waals surface area contributed by atoms with Gasteiger partial charge in [0, 0.05) is 18.7 Å². The third-order valence-electron chi connectivity index (χ3n) is 9.21. The molecule has 0 amide bonds. The monoisotopic (exact) mass is 630 g/mol. The fourth-order valence-electron chi connectivity index (χ4n) is 6.58. The Kier molecular flexibility index (Phi) is 14.3. The molecule has 1 aromatic rings. The molecule has 0 spiro atoms. The number of carbonyl (C=O) groups excluding carboxylic acids is 1. The van der Waals surface area contributed by atoms with E-state index in [1.165, 1.54) is 31.2 Å². The molecule has 1 heterocycles. The molecule has 0 aromatic heterocycles. The first-order valence-electron chi connectivity index (χ1n) is 17.1. The lowest BCUT2D eigenvalue weighted by Crippen LogP contribution is -2.45. The van der Waals surface area contributed by atoms with E-state index in [4.69, 9.17) is 9.47 Å². The number of carbonyl (C=O) groups is 1. The van der Waals surface area contributed by atoms with Crippen LogP contribution in [0.5, 0.6) is 5.75 Å². The fourth-order valence-corrected chi connectivity index (χ4v) is 6.58. The SMILES string of the molecule is C=CCc1ccc(OCNCC(CCC)CCC)c(CN(C)C)c1C=C1CCC(=C)CC2=C(C=C(C)C1=C)C(O)(CC)C(=O)OC2. The minimum atomic E-state index is -1.68. The van der Waals surface area contributed by atoms with Crippen LogP contribution in [0.25, 0.3) is 6.08 Å². The van der Waals surface area contributed by atoms with Gasteiger partial charge in [-0.25, -0.2) is 4.79 Å². The molecule has 0 radical (unpaired) electrons. The number of hydrogen-bond donors (Lipinski definition) is 2. The summed E-state index contributed by atoms with van der Waals surface area (Å²) in [4.78, 5) is 14.9. The Labute approximate surface area is 278 Å². The Hall–Kier alpha value is -3.19. The Morgan fingerprint density at radius 1 is 1.15 bits per heavy atom. The summed E-state index contributed by atoms with van der Waals surface area (Å²) in [5, 5.41) is 15.0. The lowest BCUT2D eigenvalue weighted by atomic mass is 9.80. The number of esters is 1. The zero-order chi connectivity index (χ0) is 33.9. The highest BCUT2D eigenvalue weighted by molar-refractivity contribution is 5.86. The molecule has 2 aliphatic rings. The molecule has 1 unspecified atom stereocenters. The summed E-state index contributed by atoms with van der Waals surface area (Å²) in [6.45, 7) is 23.6. The van der Waals surface area contributed by atoms with Gasteiger partial charge in [0.2, 0.25) is 0 Å². The van der Waals surface area contributed by atoms with Crippen molar-refractivity contribution in [2.24, 2.45) is 5.92 Å². The van der Waals surface area contributed by atoms with E-state index >= 15 is 0 Å². The maximum atomic E-state index is 12.8. The molecule has 1 atom stereocenters. The first-order valence-corrected chi connectivity index (χ1v) is 17.1. The minimum Gasteiger partial charge on any atom is -0.478 e. The molecule has 2 N–H and O–H groups in total. The summed E-state index contributed by atoms with van der Waals surface area (Å²) in [6.07, 6.45) is 14.0. The first-order chi connectivity index (χ1) is 22.0. The first kappa shape index (κ1) is 37.3. The Balaban J connectivity index is 2.07. The van der Waals surface area contributed by atoms with Crippen LogP contribution in [0.1, 0.15) is 95.8 Å². The highest BCUT2D eigenvalue weighted by Crippen LogP contribution is 2.39. The van der Waals surface area contributed by atoms with Crippen molar-refractivity contribution >= 4 is 12.0 Å². The molecule has 1 aromatic carbocycles. The quantitative estimate of drug-likeness (QED) is 0.0881. The Morgan fingerprint density at radius 3 is 2.50 bits per heavy atom. The van der Waals surface area contributed by atoms with Crippen LogP contribution < -0.4 is 10.1 Å². The second-order valence-corrected chi connectivity index (χ2v) is 13.2. The molecule has 46 heavy (non-hydrogen) atoms. The second kappa shape index (κ2) is 17.7. The van der Waals surface area contributed by atoms with E-state index in [-0.39, 0.29) is 13.0 Å². The van der Waals surface area contributed by atoms with Crippen molar-refractivity contribution < 1.29 is 19.4 Å². The lowest BCUT2D eigenvalue weighted by molar-refractivity contribution is -0.162. The van der Waals surface area contributed by atoms with Gasteiger partial charge < -0.3 is 19.5 Å². The number of rotatable bonds is 15. The smallest absolute Gasteiger partial charge is 0.343 e. The van der Waals surface area contributed by atoms with Crippen molar-refractivity contribution in [2.45, 2.75) is 97.6 Å². The molecule has 1 aliphatic carbocycles. The minimum absolute atomic E-state index is 0.173. The van der Waals surface area contributed by atoms with Crippen molar-refractivity contribution in [3.05, 3.63) is 94.2 Å². The molecule has 0 saturated heterocycles. The molecular formula is C40H58N2O4. The number of hydrogen-bond acceptors (Lipinski definition) is 6. The normalized spacial score (nSPS) is 20.2. The van der Waals surface area contributed by atoms with E-state index in [0.29, 0.717) is 31.2 Å². The van der Waals surface area contributed by atoms with Crippen LogP contribution in [0.15, 0.2) is 77.5 Å². The number of aliphatic hydroxyl groups is 1. The largest absolute Gasteiger partial charge is 0.478 e. The summed E-state index contributed by atoms with van der Waals surface area (Å²) < 4.78 is 11.9. The highest BCUT2D eigenvalue weighted by Gasteiger charge is 2.44. The van der Waals surface area contributed by atoms with E-state index in [1.54, 1.807) is 6.92 Å². The van der Waals surface area contributed by atoms with E-state index in [1.807, 2.05) is 19.1 Å². The summed E-state index contributed by atoms with van der Waals surface area (Å²) in [5.41, 5.74) is 7.20. The van der Waals surface area contributed by atoms with Gasteiger partial charge in [0.25, 0.3) is 0 Å². The van der Waals surface area contributed by atoms with E-state index < -0.39 is 11.6 Å². The van der Waals surface area contributed by atoms with E-state index in [2.05, 4.69) is 76.1 Å². The molecule has 6 nitrogen and oxygen atoms in total. The molecule has 0 saturated carbocycles. The number of cyclic esters (lactones) is 1. The van der Waals surface area contributed by atoms with Crippen LogP contribution in [0.3, 0.4) is 0 Å². The maximum Gasteiger partial charge on any atom is 0.343 e. The van der Waals surface area contributed by atoms with Crippen molar-refractivity contribution in [3.63, 3.8) is 0 Å². The van der Waals surface area contributed by atoms with Gasteiger partial charge in [-0.2, -0.15) is 0 Å². The molecule has 0 fully saturated rings. The van der Waals surface area contributed by atoms with Gasteiger partial charge in [-0.15, -0.1) is 6.58 Å². The van der Waals surface area contributed by atoms with Gasteiger partial charge in [-0.1, -0.05) is 76.6 Å². The molecule has 0 bridgehead atoms. The predicted octanol–water partition coefficient (Wildman–Crippen LogP) is 8.24. The second-order valence-electron chi connectivity index (χ2n) is 13.2. The Bertz CT molecular complexity index is 1360. The van der Waals surface area contributed by atoms with Gasteiger partial charge in [0.1, 0.15) is 19.1 Å². The van der Waals surface area contributed by atoms with Gasteiger partial charge in [-0.3, -0.25) is 5.32 Å². The van der Waals surface area contributed by atoms with E-state index in [9.17, 15) is 9.90 Å². The van der Waals surface area contributed by atoms with Gasteiger partial charge in [-0.05, 0) is 117 Å². The standard InChI is InChI=1S/C40H58N2O4/c1-10-14-31(15-11-2)24-41-27-46-38-20-19-32(16-12-3)35(36(38)25-42(8)9)23-33-18-17-28(5)21-34-26-45-39(43)40(44,13-4)37(34)22-29(6)30(33)7/h12,19-20,22-23,31,41,44H,3,5,7,10-11,13-18,21,24-27H2,1-2,4,6,8-9H3. The topological polar surface area (TPSA) is 71.0 Å². The predicted molar refractivity (Wildman–Crippen MR) is 192 cm³/mol. The molecule has 6 heteroatoms. The highest BCUT2D eigenvalue weighted by atomic mass is 16.6. The van der Waals surface area contributed by atoms with Crippen LogP contribution in [0.2, 0.25) is 0 Å². The Morgan fingerprint density at radius 2 is 1.87 bits per heavy atom. The maximum absolute atomic E-state index is 12.8. The number of allylic oxidation sites excluding steroid dienone is 5. The van der Waals surface area contributed by atoms with Gasteiger partial charge >= 0.3 is 5.97 Å². The number of benzene rings is 1. The molecule has 3 rings (SSSR count). The number of ether oxygens (including phenoxy) is 2. The zero-order valence-electron chi connectivity index (χ0n) is 29.4. The molecule has 1 aliphatic heterocycles. The average molecular weight is 631 g/mol. The van der Waals surface area contributed by atoms with Crippen LogP contribution in [-0.4, -0.2) is 55.6 Å². The molecular weight excluding hydrogens is 572 g/mol. The third kappa shape index (κ3) is 9.43. The zero-order valence-corrected chi connectivity index (χ0v) is 29.4. The molecule has 252 valence electrons. The summed E-state index contributed by atoms with van der Waals surface area (Å²) >= 11 is 0. The van der Waals surface area contributed by atoms with Crippen molar-refractivity contribution in [3.8, 4) is 5.75 Å².